The number of aryl methyl sites for hydroxylation is 1. The van der Waals surface area contributed by atoms with Crippen molar-refractivity contribution in [2.45, 2.75) is 27.7 Å². The highest BCUT2D eigenvalue weighted by molar-refractivity contribution is 7.19. The van der Waals surface area contributed by atoms with Crippen LogP contribution in [-0.2, 0) is 0 Å². The summed E-state index contributed by atoms with van der Waals surface area (Å²) in [6, 6.07) is 16.3. The van der Waals surface area contributed by atoms with Crippen LogP contribution in [0.2, 0.25) is 0 Å². The minimum absolute atomic E-state index is 0.0234. The van der Waals surface area contributed by atoms with Crippen LogP contribution in [0.3, 0.4) is 0 Å². The Morgan fingerprint density at radius 1 is 0.964 bits per heavy atom. The molecular formula is C24H20N2OS. The SMILES string of the molecule is CC(C)=C1C(=O)n2c(nc3ccccc32)/C1=C(/C)c1c(C)sc2ccccc12. The fourth-order valence-electron chi connectivity index (χ4n) is 4.31. The summed E-state index contributed by atoms with van der Waals surface area (Å²) in [6.07, 6.45) is 0. The second-order valence-electron chi connectivity index (χ2n) is 7.47. The summed E-state index contributed by atoms with van der Waals surface area (Å²) in [6.45, 7) is 8.30. The number of benzene rings is 2. The lowest BCUT2D eigenvalue weighted by Gasteiger charge is -2.09. The van der Waals surface area contributed by atoms with Crippen molar-refractivity contribution in [1.82, 2.24) is 9.55 Å². The van der Waals surface area contributed by atoms with Crippen LogP contribution in [0, 0.1) is 6.92 Å². The van der Waals surface area contributed by atoms with Crippen molar-refractivity contribution in [2.24, 2.45) is 0 Å². The van der Waals surface area contributed by atoms with Gasteiger partial charge in [-0.05, 0) is 57.0 Å². The quantitative estimate of drug-likeness (QED) is 0.352. The zero-order valence-corrected chi connectivity index (χ0v) is 17.1. The number of carbonyl (C=O) groups is 1. The third-order valence-electron chi connectivity index (χ3n) is 5.47. The first kappa shape index (κ1) is 17.1. The summed E-state index contributed by atoms with van der Waals surface area (Å²) in [5.74, 6) is 0.782. The van der Waals surface area contributed by atoms with Crippen LogP contribution in [0.4, 0.5) is 0 Å². The third-order valence-corrected chi connectivity index (χ3v) is 6.56. The molecule has 0 bridgehead atoms. The molecule has 0 fully saturated rings. The lowest BCUT2D eigenvalue weighted by atomic mass is 9.93. The molecule has 0 atom stereocenters. The molecule has 4 heteroatoms. The second-order valence-corrected chi connectivity index (χ2v) is 8.73. The summed E-state index contributed by atoms with van der Waals surface area (Å²) in [4.78, 5) is 19.5. The van der Waals surface area contributed by atoms with E-state index in [0.717, 1.165) is 39.2 Å². The summed E-state index contributed by atoms with van der Waals surface area (Å²) in [7, 11) is 0. The second kappa shape index (κ2) is 6.01. The highest BCUT2D eigenvalue weighted by Gasteiger charge is 2.36. The number of hydrogen-bond donors (Lipinski definition) is 0. The Morgan fingerprint density at radius 3 is 2.46 bits per heavy atom. The Bertz CT molecular complexity index is 1360. The molecule has 1 aliphatic heterocycles. The number of nitrogens with zero attached hydrogens (tertiary/aromatic N) is 2. The van der Waals surface area contributed by atoms with Crippen molar-refractivity contribution in [3.05, 3.63) is 75.9 Å². The van der Waals surface area contributed by atoms with Gasteiger partial charge in [-0.25, -0.2) is 4.98 Å². The van der Waals surface area contributed by atoms with E-state index in [9.17, 15) is 4.79 Å². The third kappa shape index (κ3) is 2.21. The van der Waals surface area contributed by atoms with Gasteiger partial charge in [0.15, 0.2) is 0 Å². The molecule has 0 N–H and O–H groups in total. The van der Waals surface area contributed by atoms with Crippen LogP contribution in [0.1, 0.15) is 41.8 Å². The predicted octanol–water partition coefficient (Wildman–Crippen LogP) is 6.48. The Balaban J connectivity index is 1.91. The zero-order chi connectivity index (χ0) is 19.6. The number of para-hydroxylation sites is 2. The van der Waals surface area contributed by atoms with Crippen molar-refractivity contribution in [3.63, 3.8) is 0 Å². The lowest BCUT2D eigenvalue weighted by Crippen LogP contribution is -2.06. The molecule has 3 heterocycles. The van der Waals surface area contributed by atoms with Gasteiger partial charge in [-0.2, -0.15) is 0 Å². The molecule has 0 spiro atoms. The number of allylic oxidation sites excluding steroid dienone is 4. The molecule has 0 unspecified atom stereocenters. The molecule has 138 valence electrons. The van der Waals surface area contributed by atoms with E-state index >= 15 is 0 Å². The van der Waals surface area contributed by atoms with Gasteiger partial charge >= 0.3 is 0 Å². The summed E-state index contributed by atoms with van der Waals surface area (Å²) in [5, 5.41) is 1.24. The Hall–Kier alpha value is -2.98. The number of aromatic nitrogens is 2. The average Bonchev–Trinajstić information content (AvgIpc) is 3.29. The average molecular weight is 385 g/mol. The first-order valence-corrected chi connectivity index (χ1v) is 10.2. The van der Waals surface area contributed by atoms with Gasteiger partial charge in [0.25, 0.3) is 5.91 Å². The molecule has 0 aliphatic carbocycles. The fourth-order valence-corrected chi connectivity index (χ4v) is 5.43. The van der Waals surface area contributed by atoms with Crippen LogP contribution in [-0.4, -0.2) is 15.5 Å². The van der Waals surface area contributed by atoms with E-state index in [0.29, 0.717) is 0 Å². The maximum atomic E-state index is 13.4. The number of carbonyl (C=O) groups excluding carboxylic acids is 1. The van der Waals surface area contributed by atoms with Crippen molar-refractivity contribution < 1.29 is 4.79 Å². The normalized spacial score (nSPS) is 15.6. The summed E-state index contributed by atoms with van der Waals surface area (Å²) < 4.78 is 3.05. The Labute approximate surface area is 167 Å². The lowest BCUT2D eigenvalue weighted by molar-refractivity contribution is 0.0971. The van der Waals surface area contributed by atoms with E-state index in [4.69, 9.17) is 4.98 Å². The number of imidazole rings is 1. The minimum atomic E-state index is 0.0234. The van der Waals surface area contributed by atoms with Crippen LogP contribution in [0.5, 0.6) is 0 Å². The van der Waals surface area contributed by atoms with Crippen LogP contribution in [0.15, 0.2) is 59.7 Å². The molecule has 28 heavy (non-hydrogen) atoms. The van der Waals surface area contributed by atoms with E-state index < -0.39 is 0 Å². The van der Waals surface area contributed by atoms with Gasteiger partial charge in [0.2, 0.25) is 0 Å². The van der Waals surface area contributed by atoms with Crippen molar-refractivity contribution in [1.29, 1.82) is 0 Å². The van der Waals surface area contributed by atoms with Gasteiger partial charge in [0.05, 0.1) is 16.6 Å². The van der Waals surface area contributed by atoms with E-state index in [2.05, 4.69) is 38.1 Å². The predicted molar refractivity (Wildman–Crippen MR) is 118 cm³/mol. The smallest absolute Gasteiger partial charge is 0.264 e. The summed E-state index contributed by atoms with van der Waals surface area (Å²) in [5.41, 5.74) is 6.84. The number of fused-ring (bicyclic) bond motifs is 4. The molecule has 0 saturated heterocycles. The fraction of sp³-hybridized carbons (Fsp3) is 0.167. The molecule has 0 saturated carbocycles. The first-order chi connectivity index (χ1) is 13.5. The summed E-state index contributed by atoms with van der Waals surface area (Å²) >= 11 is 1.80. The maximum Gasteiger partial charge on any atom is 0.264 e. The van der Waals surface area contributed by atoms with Gasteiger partial charge in [0.1, 0.15) is 5.82 Å². The Morgan fingerprint density at radius 2 is 1.68 bits per heavy atom. The Kier molecular flexibility index (Phi) is 3.68. The van der Waals surface area contributed by atoms with Gasteiger partial charge in [-0.1, -0.05) is 35.9 Å². The molecule has 2 aromatic carbocycles. The topological polar surface area (TPSA) is 34.9 Å². The van der Waals surface area contributed by atoms with E-state index in [1.807, 2.05) is 38.1 Å². The standard InChI is InChI=1S/C24H20N2OS/c1-13(2)20-22(14(3)21-15(4)28-19-12-8-5-9-16(19)21)23-25-17-10-6-7-11-18(17)26(23)24(20)27/h5-12H,1-4H3/b22-14-. The molecule has 0 radical (unpaired) electrons. The molecule has 2 aromatic heterocycles. The minimum Gasteiger partial charge on any atom is -0.268 e. The molecule has 1 aliphatic rings. The number of thiophene rings is 1. The molecule has 0 amide bonds. The van der Waals surface area contributed by atoms with Crippen LogP contribution < -0.4 is 0 Å². The maximum absolute atomic E-state index is 13.4. The van der Waals surface area contributed by atoms with Gasteiger partial charge in [0, 0.05) is 20.5 Å². The van der Waals surface area contributed by atoms with Crippen molar-refractivity contribution in [2.75, 3.05) is 0 Å². The van der Waals surface area contributed by atoms with E-state index in [-0.39, 0.29) is 5.91 Å². The van der Waals surface area contributed by atoms with E-state index in [1.165, 1.54) is 20.5 Å². The highest BCUT2D eigenvalue weighted by Crippen LogP contribution is 2.44. The molecule has 4 aromatic rings. The first-order valence-electron chi connectivity index (χ1n) is 9.39. The van der Waals surface area contributed by atoms with Gasteiger partial charge < -0.3 is 0 Å². The largest absolute Gasteiger partial charge is 0.268 e. The van der Waals surface area contributed by atoms with Crippen molar-refractivity contribution >= 4 is 49.5 Å². The molecule has 3 nitrogen and oxygen atoms in total. The van der Waals surface area contributed by atoms with Gasteiger partial charge in [-0.15, -0.1) is 11.3 Å². The zero-order valence-electron chi connectivity index (χ0n) is 16.3. The monoisotopic (exact) mass is 384 g/mol. The number of hydrogen-bond acceptors (Lipinski definition) is 3. The van der Waals surface area contributed by atoms with Crippen LogP contribution >= 0.6 is 11.3 Å². The molecule has 5 rings (SSSR count). The molecular weight excluding hydrogens is 364 g/mol. The highest BCUT2D eigenvalue weighted by atomic mass is 32.1. The van der Waals surface area contributed by atoms with Gasteiger partial charge in [-0.3, -0.25) is 9.36 Å². The van der Waals surface area contributed by atoms with Crippen LogP contribution in [0.25, 0.3) is 32.3 Å². The van der Waals surface area contributed by atoms with E-state index in [1.54, 1.807) is 15.9 Å². The van der Waals surface area contributed by atoms with Crippen molar-refractivity contribution in [3.8, 4) is 0 Å². The number of rotatable bonds is 1.